The van der Waals surface area contributed by atoms with Crippen LogP contribution in [0, 0.1) is 0 Å². The molecule has 0 amide bonds. The SMILES string of the molecule is COC1(CNC2CCc3cccnc32)CCOC1. The second-order valence-corrected chi connectivity index (χ2v) is 5.21. The maximum Gasteiger partial charge on any atom is 0.106 e. The molecule has 98 valence electrons. The number of fused-ring (bicyclic) bond motifs is 1. The molecule has 1 aliphatic heterocycles. The summed E-state index contributed by atoms with van der Waals surface area (Å²) >= 11 is 0. The summed E-state index contributed by atoms with van der Waals surface area (Å²) in [6, 6.07) is 4.56. The molecule has 4 nitrogen and oxygen atoms in total. The van der Waals surface area contributed by atoms with Crippen LogP contribution in [0.15, 0.2) is 18.3 Å². The van der Waals surface area contributed by atoms with Gasteiger partial charge in [0.25, 0.3) is 0 Å². The van der Waals surface area contributed by atoms with Gasteiger partial charge >= 0.3 is 0 Å². The highest BCUT2D eigenvalue weighted by Gasteiger charge is 2.36. The summed E-state index contributed by atoms with van der Waals surface area (Å²) in [5, 5.41) is 3.60. The fourth-order valence-corrected chi connectivity index (χ4v) is 2.88. The number of aryl methyl sites for hydroxylation is 1. The van der Waals surface area contributed by atoms with Crippen LogP contribution in [0.5, 0.6) is 0 Å². The van der Waals surface area contributed by atoms with Gasteiger partial charge in [-0.05, 0) is 24.5 Å². The molecule has 1 aromatic heterocycles. The molecule has 0 saturated carbocycles. The van der Waals surface area contributed by atoms with Crippen LogP contribution in [0.1, 0.15) is 30.1 Å². The van der Waals surface area contributed by atoms with Crippen molar-refractivity contribution in [2.24, 2.45) is 0 Å². The zero-order valence-corrected chi connectivity index (χ0v) is 10.8. The van der Waals surface area contributed by atoms with Crippen molar-refractivity contribution >= 4 is 0 Å². The Labute approximate surface area is 108 Å². The van der Waals surface area contributed by atoms with Gasteiger partial charge in [-0.1, -0.05) is 6.07 Å². The maximum atomic E-state index is 5.64. The van der Waals surface area contributed by atoms with Crippen LogP contribution in [-0.4, -0.2) is 37.5 Å². The van der Waals surface area contributed by atoms with Crippen molar-refractivity contribution in [1.82, 2.24) is 10.3 Å². The van der Waals surface area contributed by atoms with Crippen LogP contribution >= 0.6 is 0 Å². The smallest absolute Gasteiger partial charge is 0.106 e. The van der Waals surface area contributed by atoms with Crippen molar-refractivity contribution in [1.29, 1.82) is 0 Å². The fourth-order valence-electron chi connectivity index (χ4n) is 2.88. The number of rotatable bonds is 4. The molecule has 1 fully saturated rings. The van der Waals surface area contributed by atoms with E-state index in [4.69, 9.17) is 9.47 Å². The first-order valence-corrected chi connectivity index (χ1v) is 6.63. The normalized spacial score (nSPS) is 30.6. The van der Waals surface area contributed by atoms with Crippen LogP contribution in [0.3, 0.4) is 0 Å². The molecule has 2 heterocycles. The lowest BCUT2D eigenvalue weighted by Gasteiger charge is -2.28. The van der Waals surface area contributed by atoms with Gasteiger partial charge in [0.05, 0.1) is 18.3 Å². The first-order valence-electron chi connectivity index (χ1n) is 6.63. The van der Waals surface area contributed by atoms with Crippen LogP contribution in [0.2, 0.25) is 0 Å². The lowest BCUT2D eigenvalue weighted by molar-refractivity contribution is -0.0175. The van der Waals surface area contributed by atoms with Gasteiger partial charge in [0.15, 0.2) is 0 Å². The number of methoxy groups -OCH3 is 1. The van der Waals surface area contributed by atoms with Crippen molar-refractivity contribution in [3.05, 3.63) is 29.6 Å². The summed E-state index contributed by atoms with van der Waals surface area (Å²) in [6.07, 6.45) is 5.10. The fraction of sp³-hybridized carbons (Fsp3) is 0.643. The molecule has 3 rings (SSSR count). The molecule has 2 atom stereocenters. The molecule has 1 aliphatic carbocycles. The monoisotopic (exact) mass is 248 g/mol. The highest BCUT2D eigenvalue weighted by molar-refractivity contribution is 5.27. The van der Waals surface area contributed by atoms with E-state index < -0.39 is 0 Å². The Morgan fingerprint density at radius 3 is 3.33 bits per heavy atom. The minimum atomic E-state index is -0.141. The predicted octanol–water partition coefficient (Wildman–Crippen LogP) is 1.46. The van der Waals surface area contributed by atoms with E-state index in [9.17, 15) is 0 Å². The molecule has 18 heavy (non-hydrogen) atoms. The number of aromatic nitrogens is 1. The van der Waals surface area contributed by atoms with Gasteiger partial charge in [-0.2, -0.15) is 0 Å². The van der Waals surface area contributed by atoms with Crippen LogP contribution in [0.4, 0.5) is 0 Å². The van der Waals surface area contributed by atoms with Gasteiger partial charge in [-0.3, -0.25) is 4.98 Å². The third-order valence-corrected chi connectivity index (χ3v) is 4.13. The third kappa shape index (κ3) is 2.16. The Kier molecular flexibility index (Phi) is 3.33. The predicted molar refractivity (Wildman–Crippen MR) is 68.5 cm³/mol. The number of pyridine rings is 1. The van der Waals surface area contributed by atoms with Crippen molar-refractivity contribution in [2.45, 2.75) is 30.9 Å². The van der Waals surface area contributed by atoms with E-state index in [0.717, 1.165) is 32.4 Å². The van der Waals surface area contributed by atoms with E-state index in [1.807, 2.05) is 12.3 Å². The Bertz CT molecular complexity index is 416. The molecule has 0 radical (unpaired) electrons. The van der Waals surface area contributed by atoms with Crippen molar-refractivity contribution in [3.8, 4) is 0 Å². The van der Waals surface area contributed by atoms with Gasteiger partial charge < -0.3 is 14.8 Å². The third-order valence-electron chi connectivity index (χ3n) is 4.13. The average molecular weight is 248 g/mol. The van der Waals surface area contributed by atoms with Gasteiger partial charge in [0, 0.05) is 32.9 Å². The van der Waals surface area contributed by atoms with E-state index in [-0.39, 0.29) is 5.60 Å². The quantitative estimate of drug-likeness (QED) is 0.876. The number of hydrogen-bond acceptors (Lipinski definition) is 4. The van der Waals surface area contributed by atoms with E-state index in [1.54, 1.807) is 7.11 Å². The van der Waals surface area contributed by atoms with Crippen molar-refractivity contribution in [3.63, 3.8) is 0 Å². The Morgan fingerprint density at radius 1 is 1.61 bits per heavy atom. The average Bonchev–Trinajstić information content (AvgIpc) is 3.04. The molecule has 0 spiro atoms. The molecule has 1 saturated heterocycles. The highest BCUT2D eigenvalue weighted by atomic mass is 16.5. The first-order chi connectivity index (χ1) is 8.83. The molecule has 1 aromatic rings. The van der Waals surface area contributed by atoms with Gasteiger partial charge in [-0.15, -0.1) is 0 Å². The summed E-state index contributed by atoms with van der Waals surface area (Å²) in [5.41, 5.74) is 2.45. The van der Waals surface area contributed by atoms with Gasteiger partial charge in [0.2, 0.25) is 0 Å². The molecule has 4 heteroatoms. The number of ether oxygens (including phenoxy) is 2. The standard InChI is InChI=1S/C14H20N2O2/c1-17-14(6-8-18-10-14)9-16-12-5-4-11-3-2-7-15-13(11)12/h2-3,7,12,16H,4-6,8-10H2,1H3. The van der Waals surface area contributed by atoms with Crippen LogP contribution in [-0.2, 0) is 15.9 Å². The van der Waals surface area contributed by atoms with Crippen molar-refractivity contribution < 1.29 is 9.47 Å². The first kappa shape index (κ1) is 12.1. The van der Waals surface area contributed by atoms with Gasteiger partial charge in [0.1, 0.15) is 5.60 Å². The topological polar surface area (TPSA) is 43.4 Å². The van der Waals surface area contributed by atoms with Crippen molar-refractivity contribution in [2.75, 3.05) is 26.9 Å². The Morgan fingerprint density at radius 2 is 2.56 bits per heavy atom. The summed E-state index contributed by atoms with van der Waals surface area (Å²) < 4.78 is 11.1. The summed E-state index contributed by atoms with van der Waals surface area (Å²) in [7, 11) is 1.78. The zero-order chi connectivity index (χ0) is 12.4. The molecular weight excluding hydrogens is 228 g/mol. The second-order valence-electron chi connectivity index (χ2n) is 5.21. The van der Waals surface area contributed by atoms with E-state index in [1.165, 1.54) is 11.3 Å². The lowest BCUT2D eigenvalue weighted by atomic mass is 10.0. The minimum Gasteiger partial charge on any atom is -0.378 e. The molecule has 0 bridgehead atoms. The van der Waals surface area contributed by atoms with Crippen LogP contribution < -0.4 is 5.32 Å². The highest BCUT2D eigenvalue weighted by Crippen LogP contribution is 2.30. The summed E-state index contributed by atoms with van der Waals surface area (Å²) in [5.74, 6) is 0. The summed E-state index contributed by atoms with van der Waals surface area (Å²) in [4.78, 5) is 4.50. The molecule has 0 aromatic carbocycles. The van der Waals surface area contributed by atoms with Gasteiger partial charge in [-0.25, -0.2) is 0 Å². The minimum absolute atomic E-state index is 0.141. The van der Waals surface area contributed by atoms with E-state index in [2.05, 4.69) is 16.4 Å². The number of hydrogen-bond donors (Lipinski definition) is 1. The molecule has 2 aliphatic rings. The van der Waals surface area contributed by atoms with E-state index in [0.29, 0.717) is 12.6 Å². The zero-order valence-electron chi connectivity index (χ0n) is 10.8. The van der Waals surface area contributed by atoms with Crippen LogP contribution in [0.25, 0.3) is 0 Å². The molecule has 2 unspecified atom stereocenters. The Hall–Kier alpha value is -0.970. The number of nitrogens with one attached hydrogen (secondary N) is 1. The Balaban J connectivity index is 1.65. The second kappa shape index (κ2) is 4.96. The maximum absolute atomic E-state index is 5.64. The number of nitrogens with zero attached hydrogens (tertiary/aromatic N) is 1. The molecular formula is C14H20N2O2. The lowest BCUT2D eigenvalue weighted by Crippen LogP contribution is -2.43. The summed E-state index contributed by atoms with van der Waals surface area (Å²) in [6.45, 7) is 2.33. The molecule has 1 N–H and O–H groups in total. The van der Waals surface area contributed by atoms with E-state index >= 15 is 0 Å². The largest absolute Gasteiger partial charge is 0.378 e.